The summed E-state index contributed by atoms with van der Waals surface area (Å²) in [6.45, 7) is 6.81. The van der Waals surface area contributed by atoms with E-state index in [1.165, 1.54) is 0 Å². The maximum Gasteiger partial charge on any atom is 0.132 e. The van der Waals surface area contributed by atoms with E-state index in [2.05, 4.69) is 83.9 Å². The van der Waals surface area contributed by atoms with Gasteiger partial charge in [0.05, 0.1) is 23.4 Å². The second-order valence-corrected chi connectivity index (χ2v) is 8.23. The Morgan fingerprint density at radius 3 is 2.68 bits per heavy atom. The van der Waals surface area contributed by atoms with Crippen LogP contribution in [0.4, 0.5) is 11.5 Å². The van der Waals surface area contributed by atoms with Gasteiger partial charge in [-0.1, -0.05) is 22.0 Å². The van der Waals surface area contributed by atoms with Gasteiger partial charge in [-0.2, -0.15) is 0 Å². The molecule has 0 amide bonds. The van der Waals surface area contributed by atoms with Gasteiger partial charge in [-0.25, -0.2) is 9.97 Å². The number of rotatable bonds is 4. The van der Waals surface area contributed by atoms with Crippen molar-refractivity contribution >= 4 is 38.3 Å². The van der Waals surface area contributed by atoms with Gasteiger partial charge < -0.3 is 14.7 Å². The SMILES string of the molecule is Cc1nc(CN(C)c2ccc(Br)c3cccnc23)cc(N2CCN(C)CC2)n1. The van der Waals surface area contributed by atoms with Crippen molar-refractivity contribution in [3.05, 3.63) is 52.5 Å². The van der Waals surface area contributed by atoms with Crippen LogP contribution in [-0.2, 0) is 6.54 Å². The maximum absolute atomic E-state index is 4.69. The molecule has 1 aliphatic heterocycles. The number of piperazine rings is 1. The van der Waals surface area contributed by atoms with E-state index in [1.807, 2.05) is 19.2 Å². The van der Waals surface area contributed by atoms with Gasteiger partial charge in [0, 0.05) is 55.3 Å². The van der Waals surface area contributed by atoms with E-state index in [0.717, 1.165) is 64.6 Å². The number of hydrogen-bond donors (Lipinski definition) is 0. The van der Waals surface area contributed by atoms with Gasteiger partial charge in [0.2, 0.25) is 0 Å². The molecule has 4 rings (SSSR count). The number of halogens is 1. The van der Waals surface area contributed by atoms with E-state index in [0.29, 0.717) is 6.54 Å². The fourth-order valence-electron chi connectivity index (χ4n) is 3.65. The van der Waals surface area contributed by atoms with Crippen molar-refractivity contribution in [3.8, 4) is 0 Å². The lowest BCUT2D eigenvalue weighted by atomic mass is 10.1. The standard InChI is InChI=1S/C21H25BrN6/c1-15-24-16(13-20(25-15)28-11-9-26(2)10-12-28)14-27(3)19-7-6-18(22)17-5-4-8-23-21(17)19/h4-8,13H,9-12,14H2,1-3H3. The minimum atomic E-state index is 0.706. The van der Waals surface area contributed by atoms with E-state index in [1.54, 1.807) is 0 Å². The molecule has 1 aliphatic rings. The number of hydrogen-bond acceptors (Lipinski definition) is 6. The molecule has 146 valence electrons. The molecule has 0 atom stereocenters. The minimum absolute atomic E-state index is 0.706. The van der Waals surface area contributed by atoms with Gasteiger partial charge in [0.1, 0.15) is 11.6 Å². The number of likely N-dealkylation sites (N-methyl/N-ethyl adjacent to an activating group) is 1. The van der Waals surface area contributed by atoms with E-state index in [9.17, 15) is 0 Å². The first-order valence-corrected chi connectivity index (χ1v) is 10.3. The molecule has 0 bridgehead atoms. The summed E-state index contributed by atoms with van der Waals surface area (Å²) in [6.07, 6.45) is 1.84. The smallest absolute Gasteiger partial charge is 0.132 e. The van der Waals surface area contributed by atoms with Crippen LogP contribution < -0.4 is 9.80 Å². The largest absolute Gasteiger partial charge is 0.367 e. The third-order valence-corrected chi connectivity index (χ3v) is 5.90. The first-order valence-electron chi connectivity index (χ1n) is 9.53. The average molecular weight is 441 g/mol. The van der Waals surface area contributed by atoms with E-state index < -0.39 is 0 Å². The summed E-state index contributed by atoms with van der Waals surface area (Å²) < 4.78 is 1.06. The molecule has 1 aromatic carbocycles. The average Bonchev–Trinajstić information content (AvgIpc) is 2.68. The first-order chi connectivity index (χ1) is 13.5. The Balaban J connectivity index is 1.60. The zero-order valence-corrected chi connectivity index (χ0v) is 18.1. The van der Waals surface area contributed by atoms with Gasteiger partial charge in [0.25, 0.3) is 0 Å². The number of anilines is 2. The molecule has 6 nitrogen and oxygen atoms in total. The van der Waals surface area contributed by atoms with Gasteiger partial charge in [-0.3, -0.25) is 4.98 Å². The second kappa shape index (κ2) is 8.01. The molecule has 7 heteroatoms. The highest BCUT2D eigenvalue weighted by Gasteiger charge is 2.17. The maximum atomic E-state index is 4.69. The highest BCUT2D eigenvalue weighted by Crippen LogP contribution is 2.31. The van der Waals surface area contributed by atoms with Crippen LogP contribution in [-0.4, -0.2) is 60.1 Å². The van der Waals surface area contributed by atoms with Crippen molar-refractivity contribution in [2.45, 2.75) is 13.5 Å². The Morgan fingerprint density at radius 1 is 1.11 bits per heavy atom. The van der Waals surface area contributed by atoms with Crippen molar-refractivity contribution in [2.75, 3.05) is 50.1 Å². The summed E-state index contributed by atoms with van der Waals surface area (Å²) >= 11 is 3.63. The molecule has 1 fully saturated rings. The summed E-state index contributed by atoms with van der Waals surface area (Å²) in [7, 11) is 4.25. The number of fused-ring (bicyclic) bond motifs is 1. The van der Waals surface area contributed by atoms with Gasteiger partial charge in [-0.05, 0) is 32.2 Å². The summed E-state index contributed by atoms with van der Waals surface area (Å²) in [5, 5.41) is 1.11. The van der Waals surface area contributed by atoms with E-state index >= 15 is 0 Å². The van der Waals surface area contributed by atoms with E-state index in [4.69, 9.17) is 0 Å². The number of aromatic nitrogens is 3. The predicted molar refractivity (Wildman–Crippen MR) is 118 cm³/mol. The van der Waals surface area contributed by atoms with Crippen LogP contribution in [0.25, 0.3) is 10.9 Å². The van der Waals surface area contributed by atoms with Crippen LogP contribution in [0.3, 0.4) is 0 Å². The van der Waals surface area contributed by atoms with Crippen molar-refractivity contribution in [1.29, 1.82) is 0 Å². The monoisotopic (exact) mass is 440 g/mol. The molecule has 0 aliphatic carbocycles. The number of nitrogens with zero attached hydrogens (tertiary/aromatic N) is 6. The van der Waals surface area contributed by atoms with Crippen LogP contribution in [0.1, 0.15) is 11.5 Å². The number of pyridine rings is 1. The number of benzene rings is 1. The third-order valence-electron chi connectivity index (χ3n) is 5.21. The summed E-state index contributed by atoms with van der Waals surface area (Å²) in [5.41, 5.74) is 3.11. The highest BCUT2D eigenvalue weighted by molar-refractivity contribution is 9.10. The van der Waals surface area contributed by atoms with Crippen molar-refractivity contribution < 1.29 is 0 Å². The summed E-state index contributed by atoms with van der Waals surface area (Å²) in [6, 6.07) is 10.4. The third kappa shape index (κ3) is 3.95. The van der Waals surface area contributed by atoms with Crippen molar-refractivity contribution in [1.82, 2.24) is 19.9 Å². The first kappa shape index (κ1) is 19.1. The van der Waals surface area contributed by atoms with Crippen LogP contribution in [0.2, 0.25) is 0 Å². The normalized spacial score (nSPS) is 15.2. The molecule has 0 saturated carbocycles. The molecule has 0 N–H and O–H groups in total. The zero-order valence-electron chi connectivity index (χ0n) is 16.6. The number of aryl methyl sites for hydroxylation is 1. The molecular weight excluding hydrogens is 416 g/mol. The fraction of sp³-hybridized carbons (Fsp3) is 0.381. The van der Waals surface area contributed by atoms with Crippen LogP contribution in [0.5, 0.6) is 0 Å². The molecular formula is C21H25BrN6. The summed E-state index contributed by atoms with van der Waals surface area (Å²) in [4.78, 5) is 20.9. The molecule has 0 spiro atoms. The van der Waals surface area contributed by atoms with Gasteiger partial charge >= 0.3 is 0 Å². The lowest BCUT2D eigenvalue weighted by molar-refractivity contribution is 0.312. The topological polar surface area (TPSA) is 48.4 Å². The zero-order chi connectivity index (χ0) is 19.7. The highest BCUT2D eigenvalue weighted by atomic mass is 79.9. The van der Waals surface area contributed by atoms with Crippen LogP contribution in [0, 0.1) is 6.92 Å². The Bertz CT molecular complexity index is 984. The molecule has 3 heterocycles. The van der Waals surface area contributed by atoms with Crippen LogP contribution in [0.15, 0.2) is 41.0 Å². The quantitative estimate of drug-likeness (QED) is 0.618. The molecule has 28 heavy (non-hydrogen) atoms. The molecule has 0 unspecified atom stereocenters. The van der Waals surface area contributed by atoms with E-state index in [-0.39, 0.29) is 0 Å². The van der Waals surface area contributed by atoms with Gasteiger partial charge in [-0.15, -0.1) is 0 Å². The Kier molecular flexibility index (Phi) is 5.46. The van der Waals surface area contributed by atoms with Crippen LogP contribution >= 0.6 is 15.9 Å². The molecule has 2 aromatic heterocycles. The molecule has 3 aromatic rings. The Morgan fingerprint density at radius 2 is 1.89 bits per heavy atom. The molecule has 1 saturated heterocycles. The Hall–Kier alpha value is -2.25. The van der Waals surface area contributed by atoms with Crippen molar-refractivity contribution in [2.24, 2.45) is 0 Å². The van der Waals surface area contributed by atoms with Crippen molar-refractivity contribution in [3.63, 3.8) is 0 Å². The Labute approximate surface area is 174 Å². The lowest BCUT2D eigenvalue weighted by Gasteiger charge is -2.33. The minimum Gasteiger partial charge on any atom is -0.367 e. The molecule has 0 radical (unpaired) electrons. The fourth-order valence-corrected chi connectivity index (χ4v) is 4.10. The second-order valence-electron chi connectivity index (χ2n) is 7.38. The van der Waals surface area contributed by atoms with Gasteiger partial charge in [0.15, 0.2) is 0 Å². The summed E-state index contributed by atoms with van der Waals surface area (Å²) in [5.74, 6) is 1.85. The predicted octanol–water partition coefficient (Wildman–Crippen LogP) is 3.48. The lowest BCUT2D eigenvalue weighted by Crippen LogP contribution is -2.45.